The van der Waals surface area contributed by atoms with Crippen LogP contribution in [0.5, 0.6) is 0 Å². The molecule has 1 aromatic carbocycles. The predicted molar refractivity (Wildman–Crippen MR) is 74.6 cm³/mol. The Morgan fingerprint density at radius 1 is 1.45 bits per heavy atom. The van der Waals surface area contributed by atoms with Gasteiger partial charge in [-0.2, -0.15) is 5.26 Å². The van der Waals surface area contributed by atoms with E-state index in [4.69, 9.17) is 16.9 Å². The molecule has 0 aliphatic carbocycles. The van der Waals surface area contributed by atoms with Crippen molar-refractivity contribution in [3.05, 3.63) is 40.6 Å². The van der Waals surface area contributed by atoms with Crippen LogP contribution < -0.4 is 10.6 Å². The Morgan fingerprint density at radius 3 is 2.70 bits per heavy atom. The Kier molecular flexibility index (Phi) is 4.06. The highest BCUT2D eigenvalue weighted by Crippen LogP contribution is 2.24. The van der Waals surface area contributed by atoms with E-state index in [-0.39, 0.29) is 23.8 Å². The molecule has 2 rings (SSSR count). The molecule has 1 aliphatic rings. The van der Waals surface area contributed by atoms with Crippen LogP contribution in [0.15, 0.2) is 35.5 Å². The Labute approximate surface area is 121 Å². The maximum atomic E-state index is 12.2. The molecule has 0 saturated heterocycles. The van der Waals surface area contributed by atoms with Gasteiger partial charge in [-0.15, -0.1) is 0 Å². The fourth-order valence-corrected chi connectivity index (χ4v) is 2.15. The van der Waals surface area contributed by atoms with Crippen molar-refractivity contribution in [2.45, 2.75) is 13.3 Å². The zero-order chi connectivity index (χ0) is 14.7. The maximum Gasteiger partial charge on any atom is 0.233 e. The largest absolute Gasteiger partial charge is 0.329 e. The van der Waals surface area contributed by atoms with E-state index in [1.54, 1.807) is 31.2 Å². The second-order valence-electron chi connectivity index (χ2n) is 4.45. The fourth-order valence-electron chi connectivity index (χ4n) is 2.02. The number of nitrogens with zero attached hydrogens (tertiary/aromatic N) is 1. The van der Waals surface area contributed by atoms with Crippen molar-refractivity contribution in [1.29, 1.82) is 5.26 Å². The van der Waals surface area contributed by atoms with Gasteiger partial charge in [-0.3, -0.25) is 9.59 Å². The van der Waals surface area contributed by atoms with Gasteiger partial charge < -0.3 is 10.6 Å². The number of nitriles is 1. The Morgan fingerprint density at radius 2 is 2.10 bits per heavy atom. The van der Waals surface area contributed by atoms with E-state index >= 15 is 0 Å². The van der Waals surface area contributed by atoms with E-state index < -0.39 is 5.92 Å². The number of hydrogen-bond acceptors (Lipinski definition) is 3. The summed E-state index contributed by atoms with van der Waals surface area (Å²) in [5.41, 5.74) is 1.29. The van der Waals surface area contributed by atoms with Crippen LogP contribution in [-0.4, -0.2) is 11.8 Å². The minimum atomic E-state index is -0.760. The Bertz CT molecular complexity index is 629. The Hall–Kier alpha value is -2.32. The lowest BCUT2D eigenvalue weighted by Gasteiger charge is -2.22. The van der Waals surface area contributed by atoms with Gasteiger partial charge in [0.1, 0.15) is 0 Å². The highest BCUT2D eigenvalue weighted by Gasteiger charge is 2.31. The number of carbonyl (C=O) groups excluding carboxylic acids is 2. The van der Waals surface area contributed by atoms with Gasteiger partial charge in [0.2, 0.25) is 11.8 Å². The Balaban J connectivity index is 2.20. The number of anilines is 1. The van der Waals surface area contributed by atoms with Crippen molar-refractivity contribution in [2.75, 3.05) is 5.32 Å². The van der Waals surface area contributed by atoms with Crippen LogP contribution >= 0.6 is 11.6 Å². The molecule has 0 fully saturated rings. The first-order chi connectivity index (χ1) is 9.51. The lowest BCUT2D eigenvalue weighted by Crippen LogP contribution is -2.37. The molecule has 6 heteroatoms. The summed E-state index contributed by atoms with van der Waals surface area (Å²) in [6, 6.07) is 8.60. The van der Waals surface area contributed by atoms with E-state index in [2.05, 4.69) is 10.6 Å². The van der Waals surface area contributed by atoms with E-state index in [1.807, 2.05) is 6.07 Å². The number of rotatable bonds is 2. The van der Waals surface area contributed by atoms with Gasteiger partial charge >= 0.3 is 0 Å². The van der Waals surface area contributed by atoms with Gasteiger partial charge in [0.05, 0.1) is 17.6 Å². The van der Waals surface area contributed by atoms with Gasteiger partial charge in [-0.25, -0.2) is 0 Å². The topological polar surface area (TPSA) is 82.0 Å². The van der Waals surface area contributed by atoms with Gasteiger partial charge in [0.25, 0.3) is 0 Å². The summed E-state index contributed by atoms with van der Waals surface area (Å²) in [4.78, 5) is 23.7. The maximum absolute atomic E-state index is 12.2. The molecule has 0 bridgehead atoms. The number of nitrogens with one attached hydrogen (secondary N) is 2. The number of amides is 2. The van der Waals surface area contributed by atoms with Crippen molar-refractivity contribution in [2.24, 2.45) is 5.92 Å². The number of carbonyl (C=O) groups is 2. The monoisotopic (exact) mass is 289 g/mol. The third-order valence-corrected chi connectivity index (χ3v) is 3.27. The molecule has 5 nitrogen and oxygen atoms in total. The third kappa shape index (κ3) is 2.98. The average molecular weight is 290 g/mol. The SMILES string of the molecule is CC1=C(C#N)[C@@H](C(=O)Nc2ccc(Cl)cc2)CC(=O)N1. The smallest absolute Gasteiger partial charge is 0.233 e. The number of allylic oxidation sites excluding steroid dienone is 1. The predicted octanol–water partition coefficient (Wildman–Crippen LogP) is 2.21. The van der Waals surface area contributed by atoms with Crippen LogP contribution in [0.4, 0.5) is 5.69 Å². The third-order valence-electron chi connectivity index (χ3n) is 3.02. The van der Waals surface area contributed by atoms with Crippen LogP contribution in [0.2, 0.25) is 5.02 Å². The molecule has 1 atom stereocenters. The van der Waals surface area contributed by atoms with Crippen molar-refractivity contribution in [3.63, 3.8) is 0 Å². The molecular formula is C14H12ClN3O2. The van der Waals surface area contributed by atoms with Crippen LogP contribution in [0.1, 0.15) is 13.3 Å². The molecule has 0 radical (unpaired) electrons. The summed E-state index contributed by atoms with van der Waals surface area (Å²) >= 11 is 5.76. The minimum Gasteiger partial charge on any atom is -0.329 e. The first-order valence-electron chi connectivity index (χ1n) is 5.98. The first kappa shape index (κ1) is 14.1. The molecular weight excluding hydrogens is 278 g/mol. The zero-order valence-corrected chi connectivity index (χ0v) is 11.5. The standard InChI is InChI=1S/C14H12ClN3O2/c1-8-12(7-16)11(6-13(19)17-8)14(20)18-10-4-2-9(15)3-5-10/h2-5,11H,6H2,1H3,(H,17,19)(H,18,20)/t11-/m0/s1. The van der Waals surface area contributed by atoms with Crippen LogP contribution in [0.3, 0.4) is 0 Å². The van der Waals surface area contributed by atoms with Crippen LogP contribution in [0, 0.1) is 17.2 Å². The summed E-state index contributed by atoms with van der Waals surface area (Å²) in [6.45, 7) is 1.61. The lowest BCUT2D eigenvalue weighted by atomic mass is 9.90. The average Bonchev–Trinajstić information content (AvgIpc) is 2.40. The normalized spacial score (nSPS) is 18.2. The van der Waals surface area contributed by atoms with Gasteiger partial charge in [0.15, 0.2) is 0 Å². The molecule has 1 aliphatic heterocycles. The summed E-state index contributed by atoms with van der Waals surface area (Å²) in [5.74, 6) is -1.40. The van der Waals surface area contributed by atoms with E-state index in [0.29, 0.717) is 16.4 Å². The lowest BCUT2D eigenvalue weighted by molar-refractivity contribution is -0.126. The number of hydrogen-bond donors (Lipinski definition) is 2. The molecule has 0 spiro atoms. The summed E-state index contributed by atoms with van der Waals surface area (Å²) in [7, 11) is 0. The van der Waals surface area contributed by atoms with Gasteiger partial charge in [-0.1, -0.05) is 11.6 Å². The van der Waals surface area contributed by atoms with Crippen molar-refractivity contribution < 1.29 is 9.59 Å². The van der Waals surface area contributed by atoms with Crippen LogP contribution in [-0.2, 0) is 9.59 Å². The van der Waals surface area contributed by atoms with Gasteiger partial charge in [-0.05, 0) is 31.2 Å². The quantitative estimate of drug-likeness (QED) is 0.876. The highest BCUT2D eigenvalue weighted by molar-refractivity contribution is 6.30. The number of benzene rings is 1. The van der Waals surface area contributed by atoms with Crippen LogP contribution in [0.25, 0.3) is 0 Å². The molecule has 1 heterocycles. The molecule has 0 aromatic heterocycles. The molecule has 0 saturated carbocycles. The molecule has 1 aromatic rings. The summed E-state index contributed by atoms with van der Waals surface area (Å²) in [5, 5.41) is 14.9. The molecule has 102 valence electrons. The van der Waals surface area contributed by atoms with E-state index in [1.165, 1.54) is 0 Å². The molecule has 0 unspecified atom stereocenters. The summed E-state index contributed by atoms with van der Waals surface area (Å²) < 4.78 is 0. The second-order valence-corrected chi connectivity index (χ2v) is 4.89. The molecule has 20 heavy (non-hydrogen) atoms. The zero-order valence-electron chi connectivity index (χ0n) is 10.7. The molecule has 2 amide bonds. The fraction of sp³-hybridized carbons (Fsp3) is 0.214. The second kappa shape index (κ2) is 5.76. The number of halogens is 1. The van der Waals surface area contributed by atoms with E-state index in [9.17, 15) is 9.59 Å². The van der Waals surface area contributed by atoms with Crippen molar-refractivity contribution >= 4 is 29.1 Å². The van der Waals surface area contributed by atoms with Crippen molar-refractivity contribution in [1.82, 2.24) is 5.32 Å². The van der Waals surface area contributed by atoms with Crippen molar-refractivity contribution in [3.8, 4) is 6.07 Å². The summed E-state index contributed by atoms with van der Waals surface area (Å²) in [6.07, 6.45) is -0.0281. The first-order valence-corrected chi connectivity index (χ1v) is 6.36. The minimum absolute atomic E-state index is 0.0281. The van der Waals surface area contributed by atoms with E-state index in [0.717, 1.165) is 0 Å². The molecule has 2 N–H and O–H groups in total. The highest BCUT2D eigenvalue weighted by atomic mass is 35.5. The van der Waals surface area contributed by atoms with Gasteiger partial charge in [0, 0.05) is 22.8 Å².